The predicted molar refractivity (Wildman–Crippen MR) is 51.5 cm³/mol. The lowest BCUT2D eigenvalue weighted by atomic mass is 10.3. The molecule has 0 amide bonds. The van der Waals surface area contributed by atoms with Gasteiger partial charge in [0.05, 0.1) is 6.61 Å². The molecule has 0 heterocycles. The summed E-state index contributed by atoms with van der Waals surface area (Å²) in [5, 5.41) is 8.45. The van der Waals surface area contributed by atoms with Gasteiger partial charge in [0.1, 0.15) is 0 Å². The van der Waals surface area contributed by atoms with E-state index in [1.165, 1.54) is 12.8 Å². The van der Waals surface area contributed by atoms with E-state index in [1.54, 1.807) is 10.8 Å². The van der Waals surface area contributed by atoms with Crippen LogP contribution in [0, 0.1) is 0 Å². The van der Waals surface area contributed by atoms with Crippen molar-refractivity contribution in [2.24, 2.45) is 0 Å². The Morgan fingerprint density at radius 1 is 1.30 bits per heavy atom. The molecule has 3 heteroatoms. The second-order valence-corrected chi connectivity index (χ2v) is 4.63. The number of rotatable bonds is 7. The largest absolute Gasteiger partial charge is 0.395 e. The van der Waals surface area contributed by atoms with E-state index in [9.17, 15) is 0 Å². The van der Waals surface area contributed by atoms with Crippen molar-refractivity contribution in [3.8, 4) is 0 Å². The minimum atomic E-state index is 0.282. The van der Waals surface area contributed by atoms with Crippen LogP contribution < -0.4 is 0 Å². The average molecular weight is 182 g/mol. The van der Waals surface area contributed by atoms with Gasteiger partial charge < -0.3 is 5.11 Å². The molecule has 0 aromatic carbocycles. The monoisotopic (exact) mass is 182 g/mol. The van der Waals surface area contributed by atoms with Crippen LogP contribution in [0.5, 0.6) is 0 Å². The topological polar surface area (TPSA) is 20.2 Å². The summed E-state index contributed by atoms with van der Waals surface area (Å²) in [5.41, 5.74) is 0. The third-order valence-corrected chi connectivity index (χ3v) is 3.46. The van der Waals surface area contributed by atoms with Gasteiger partial charge in [-0.05, 0) is 6.42 Å². The predicted octanol–water partition coefficient (Wildman–Crippen LogP) is 2.55. The van der Waals surface area contributed by atoms with Crippen molar-refractivity contribution in [1.82, 2.24) is 0 Å². The SMILES string of the molecule is [3H]CCCCCSSCCO. The molecule has 0 aliphatic rings. The molecule has 0 unspecified atom stereocenters. The van der Waals surface area contributed by atoms with E-state index >= 15 is 0 Å². The highest BCUT2D eigenvalue weighted by molar-refractivity contribution is 8.76. The van der Waals surface area contributed by atoms with Gasteiger partial charge in [0, 0.05) is 12.9 Å². The molecule has 0 atom stereocenters. The van der Waals surface area contributed by atoms with Crippen molar-refractivity contribution < 1.29 is 6.48 Å². The molecule has 0 aromatic heterocycles. The van der Waals surface area contributed by atoms with Gasteiger partial charge in [-0.1, -0.05) is 41.3 Å². The average Bonchev–Trinajstić information content (AvgIpc) is 2.03. The minimum absolute atomic E-state index is 0.282. The Kier molecular flexibility index (Phi) is 8.46. The van der Waals surface area contributed by atoms with Gasteiger partial charge in [-0.25, -0.2) is 0 Å². The summed E-state index contributed by atoms with van der Waals surface area (Å²) in [6, 6.07) is 0. The van der Waals surface area contributed by atoms with Crippen LogP contribution in [0.15, 0.2) is 0 Å². The molecule has 0 fully saturated rings. The molecule has 0 rings (SSSR count). The Labute approximate surface area is 72.8 Å². The lowest BCUT2D eigenvalue weighted by molar-refractivity contribution is 0.323. The third kappa shape index (κ3) is 8.66. The summed E-state index contributed by atoms with van der Waals surface area (Å²) in [7, 11) is 3.55. The zero-order chi connectivity index (χ0) is 8.36. The second-order valence-electron chi connectivity index (χ2n) is 1.93. The van der Waals surface area contributed by atoms with E-state index in [0.29, 0.717) is 6.90 Å². The Balaban J connectivity index is 2.69. The molecule has 0 aromatic rings. The minimum Gasteiger partial charge on any atom is -0.395 e. The Bertz CT molecular complexity index is 65.5. The standard InChI is InChI=1S/C7H16OS2/c1-2-3-4-6-9-10-7-5-8/h8H,2-7H2,1H3/i1T. The van der Waals surface area contributed by atoms with Crippen molar-refractivity contribution in [3.05, 3.63) is 0 Å². The molecule has 0 saturated carbocycles. The smallest absolute Gasteiger partial charge is 0.0530 e. The fraction of sp³-hybridized carbons (Fsp3) is 1.00. The molecule has 0 aliphatic carbocycles. The number of unbranched alkanes of at least 4 members (excludes halogenated alkanes) is 2. The zero-order valence-electron chi connectivity index (χ0n) is 7.21. The number of aliphatic hydroxyl groups is 1. The van der Waals surface area contributed by atoms with Crippen LogP contribution in [-0.4, -0.2) is 23.2 Å². The van der Waals surface area contributed by atoms with Gasteiger partial charge in [0.15, 0.2) is 0 Å². The maximum Gasteiger partial charge on any atom is 0.0530 e. The lowest BCUT2D eigenvalue weighted by Gasteiger charge is -1.97. The van der Waals surface area contributed by atoms with Gasteiger partial charge in [-0.2, -0.15) is 0 Å². The molecular weight excluding hydrogens is 164 g/mol. The van der Waals surface area contributed by atoms with E-state index in [1.807, 2.05) is 10.8 Å². The van der Waals surface area contributed by atoms with E-state index in [0.717, 1.165) is 17.9 Å². The summed E-state index contributed by atoms with van der Waals surface area (Å²) < 4.78 is 6.90. The van der Waals surface area contributed by atoms with E-state index in [2.05, 4.69) is 0 Å². The molecule has 0 radical (unpaired) electrons. The fourth-order valence-corrected chi connectivity index (χ4v) is 2.41. The molecule has 0 aliphatic heterocycles. The quantitative estimate of drug-likeness (QED) is 0.483. The van der Waals surface area contributed by atoms with Gasteiger partial charge in [0.2, 0.25) is 0 Å². The van der Waals surface area contributed by atoms with Crippen LogP contribution in [-0.2, 0) is 0 Å². The highest BCUT2D eigenvalue weighted by Gasteiger charge is 1.88. The molecular formula is C7H16OS2. The highest BCUT2D eigenvalue weighted by atomic mass is 33.1. The van der Waals surface area contributed by atoms with Crippen molar-refractivity contribution in [2.45, 2.75) is 26.2 Å². The molecule has 0 saturated heterocycles. The molecule has 1 nitrogen and oxygen atoms in total. The van der Waals surface area contributed by atoms with Crippen LogP contribution in [0.1, 0.15) is 27.5 Å². The Morgan fingerprint density at radius 2 is 2.10 bits per heavy atom. The number of hydrogen-bond acceptors (Lipinski definition) is 3. The number of hydrogen-bond donors (Lipinski definition) is 1. The van der Waals surface area contributed by atoms with Crippen LogP contribution >= 0.6 is 21.6 Å². The van der Waals surface area contributed by atoms with Gasteiger partial charge in [-0.15, -0.1) is 0 Å². The second kappa shape index (κ2) is 9.66. The summed E-state index contributed by atoms with van der Waals surface area (Å²) in [6.07, 6.45) is 3.42. The van der Waals surface area contributed by atoms with Crippen LogP contribution in [0.3, 0.4) is 0 Å². The van der Waals surface area contributed by atoms with Crippen molar-refractivity contribution in [2.75, 3.05) is 18.1 Å². The first kappa shape index (κ1) is 8.75. The normalized spacial score (nSPS) is 11.5. The first-order valence-corrected chi connectivity index (χ1v) is 6.05. The third-order valence-electron chi connectivity index (χ3n) is 0.986. The zero-order valence-corrected chi connectivity index (χ0v) is 7.85. The molecule has 10 heavy (non-hydrogen) atoms. The summed E-state index contributed by atoms with van der Waals surface area (Å²) in [6.45, 7) is 0.846. The van der Waals surface area contributed by atoms with E-state index in [-0.39, 0.29) is 6.61 Å². The van der Waals surface area contributed by atoms with Crippen molar-refractivity contribution in [1.29, 1.82) is 0 Å². The Morgan fingerprint density at radius 3 is 2.80 bits per heavy atom. The maximum absolute atomic E-state index is 8.45. The molecule has 62 valence electrons. The van der Waals surface area contributed by atoms with Crippen molar-refractivity contribution in [3.63, 3.8) is 0 Å². The van der Waals surface area contributed by atoms with Gasteiger partial charge >= 0.3 is 0 Å². The summed E-state index contributed by atoms with van der Waals surface area (Å²) in [5.74, 6) is 1.99. The van der Waals surface area contributed by atoms with Gasteiger partial charge in [-0.3, -0.25) is 0 Å². The number of aliphatic hydroxyl groups excluding tert-OH is 1. The van der Waals surface area contributed by atoms with Crippen LogP contribution in [0.25, 0.3) is 0 Å². The first-order chi connectivity index (χ1) is 5.41. The van der Waals surface area contributed by atoms with Gasteiger partial charge in [0.25, 0.3) is 0 Å². The van der Waals surface area contributed by atoms with E-state index < -0.39 is 0 Å². The highest BCUT2D eigenvalue weighted by Crippen LogP contribution is 2.21. The van der Waals surface area contributed by atoms with Crippen LogP contribution in [0.4, 0.5) is 0 Å². The molecule has 0 spiro atoms. The maximum atomic E-state index is 8.45. The van der Waals surface area contributed by atoms with E-state index in [4.69, 9.17) is 6.48 Å². The van der Waals surface area contributed by atoms with Crippen LogP contribution in [0.2, 0.25) is 0 Å². The first-order valence-electron chi connectivity index (χ1n) is 4.27. The molecule has 0 bridgehead atoms. The fourth-order valence-electron chi connectivity index (χ4n) is 0.493. The summed E-state index contributed by atoms with van der Waals surface area (Å²) >= 11 is 0. The lowest BCUT2D eigenvalue weighted by Crippen LogP contribution is -1.83. The summed E-state index contributed by atoms with van der Waals surface area (Å²) in [4.78, 5) is 0. The molecule has 1 N–H and O–H groups in total. The Hall–Kier alpha value is 0.660. The van der Waals surface area contributed by atoms with Crippen molar-refractivity contribution >= 4 is 21.6 Å².